The van der Waals surface area contributed by atoms with Crippen LogP contribution in [-0.4, -0.2) is 26.8 Å². The van der Waals surface area contributed by atoms with Gasteiger partial charge in [0.2, 0.25) is 10.0 Å². The van der Waals surface area contributed by atoms with Crippen molar-refractivity contribution in [2.45, 2.75) is 19.9 Å². The molecule has 1 rings (SSSR count). The topological polar surface area (TPSA) is 58.2 Å². The minimum atomic E-state index is -3.24. The first-order valence-corrected chi connectivity index (χ1v) is 6.94. The third-order valence-corrected chi connectivity index (χ3v) is 3.26. The Morgan fingerprint density at radius 3 is 2.38 bits per heavy atom. The van der Waals surface area contributed by atoms with Crippen LogP contribution in [0.2, 0.25) is 0 Å². The maximum atomic E-state index is 11.6. The summed E-state index contributed by atoms with van der Waals surface area (Å²) in [6, 6.07) is 9.19. The Bertz CT molecular complexity index is 401. The normalized spacial score (nSPS) is 11.7. The lowest BCUT2D eigenvalue weighted by atomic mass is 10.3. The molecular formula is C11H18N2O2S. The van der Waals surface area contributed by atoms with E-state index in [1.807, 2.05) is 19.9 Å². The third kappa shape index (κ3) is 5.14. The van der Waals surface area contributed by atoms with Gasteiger partial charge in [0.15, 0.2) is 0 Å². The van der Waals surface area contributed by atoms with Gasteiger partial charge in [0, 0.05) is 18.3 Å². The van der Waals surface area contributed by atoms with Crippen LogP contribution in [0, 0.1) is 0 Å². The van der Waals surface area contributed by atoms with Gasteiger partial charge in [0.25, 0.3) is 0 Å². The lowest BCUT2D eigenvalue weighted by Crippen LogP contribution is -2.30. The maximum absolute atomic E-state index is 11.6. The summed E-state index contributed by atoms with van der Waals surface area (Å²) >= 11 is 0. The van der Waals surface area contributed by atoms with Crippen LogP contribution in [0.15, 0.2) is 30.3 Å². The Kier molecular flexibility index (Phi) is 4.76. The smallest absolute Gasteiger partial charge is 0.233 e. The predicted octanol–water partition coefficient (Wildman–Crippen LogP) is 1.43. The zero-order valence-electron chi connectivity index (χ0n) is 9.60. The number of anilines is 1. The van der Waals surface area contributed by atoms with Gasteiger partial charge in [0.05, 0.1) is 5.75 Å². The van der Waals surface area contributed by atoms with Crippen LogP contribution in [0.1, 0.15) is 13.8 Å². The second-order valence-corrected chi connectivity index (χ2v) is 5.74. The highest BCUT2D eigenvalue weighted by Gasteiger charge is 2.09. The van der Waals surface area contributed by atoms with Crippen molar-refractivity contribution in [3.8, 4) is 0 Å². The maximum Gasteiger partial charge on any atom is 0.233 e. The highest BCUT2D eigenvalue weighted by molar-refractivity contribution is 7.92. The van der Waals surface area contributed by atoms with E-state index in [1.54, 1.807) is 24.3 Å². The minimum absolute atomic E-state index is 0.0834. The Morgan fingerprint density at radius 1 is 1.19 bits per heavy atom. The Balaban J connectivity index is 2.46. The second kappa shape index (κ2) is 5.86. The molecule has 0 bridgehead atoms. The van der Waals surface area contributed by atoms with Gasteiger partial charge in [-0.2, -0.15) is 0 Å². The molecule has 2 N–H and O–H groups in total. The molecule has 0 heterocycles. The molecule has 16 heavy (non-hydrogen) atoms. The number of hydrogen-bond donors (Lipinski definition) is 2. The van der Waals surface area contributed by atoms with Crippen molar-refractivity contribution in [2.75, 3.05) is 17.0 Å². The van der Waals surface area contributed by atoms with E-state index in [1.165, 1.54) is 0 Å². The van der Waals surface area contributed by atoms with E-state index in [0.717, 1.165) is 0 Å². The molecule has 1 aromatic rings. The van der Waals surface area contributed by atoms with Crippen molar-refractivity contribution in [3.63, 3.8) is 0 Å². The first kappa shape index (κ1) is 13.0. The number of nitrogens with one attached hydrogen (secondary N) is 2. The molecule has 90 valence electrons. The number of hydrogen-bond acceptors (Lipinski definition) is 3. The fourth-order valence-electron chi connectivity index (χ4n) is 1.22. The fraction of sp³-hybridized carbons (Fsp3) is 0.455. The standard InChI is InChI=1S/C11H18N2O2S/c1-10(2)12-8-9-16(14,15)13-11-6-4-3-5-7-11/h3-7,10,12-13H,8-9H2,1-2H3. The Labute approximate surface area is 97.1 Å². The zero-order valence-corrected chi connectivity index (χ0v) is 10.4. The molecule has 0 saturated carbocycles. The fourth-order valence-corrected chi connectivity index (χ4v) is 2.20. The van der Waals surface area contributed by atoms with Crippen LogP contribution >= 0.6 is 0 Å². The first-order valence-electron chi connectivity index (χ1n) is 5.28. The molecule has 0 aliphatic carbocycles. The van der Waals surface area contributed by atoms with Crippen molar-refractivity contribution >= 4 is 15.7 Å². The highest BCUT2D eigenvalue weighted by atomic mass is 32.2. The van der Waals surface area contributed by atoms with Crippen molar-refractivity contribution in [2.24, 2.45) is 0 Å². The van der Waals surface area contributed by atoms with E-state index >= 15 is 0 Å². The third-order valence-electron chi connectivity index (χ3n) is 1.97. The minimum Gasteiger partial charge on any atom is -0.313 e. The van der Waals surface area contributed by atoms with E-state index in [9.17, 15) is 8.42 Å². The monoisotopic (exact) mass is 242 g/mol. The summed E-state index contributed by atoms with van der Waals surface area (Å²) in [6.07, 6.45) is 0. The van der Waals surface area contributed by atoms with E-state index in [4.69, 9.17) is 0 Å². The van der Waals surface area contributed by atoms with E-state index < -0.39 is 10.0 Å². The molecule has 0 atom stereocenters. The number of para-hydroxylation sites is 1. The molecule has 4 nitrogen and oxygen atoms in total. The van der Waals surface area contributed by atoms with Gasteiger partial charge in [-0.1, -0.05) is 32.0 Å². The quantitative estimate of drug-likeness (QED) is 0.793. The number of benzene rings is 1. The van der Waals surface area contributed by atoms with Crippen molar-refractivity contribution < 1.29 is 8.42 Å². The summed E-state index contributed by atoms with van der Waals surface area (Å²) in [5.41, 5.74) is 0.604. The average molecular weight is 242 g/mol. The van der Waals surface area contributed by atoms with Crippen LogP contribution in [0.5, 0.6) is 0 Å². The van der Waals surface area contributed by atoms with Gasteiger partial charge in [-0.15, -0.1) is 0 Å². The van der Waals surface area contributed by atoms with Crippen LogP contribution in [0.3, 0.4) is 0 Å². The number of sulfonamides is 1. The highest BCUT2D eigenvalue weighted by Crippen LogP contribution is 2.07. The van der Waals surface area contributed by atoms with Crippen LogP contribution in [0.4, 0.5) is 5.69 Å². The van der Waals surface area contributed by atoms with Crippen LogP contribution < -0.4 is 10.0 Å². The largest absolute Gasteiger partial charge is 0.313 e. The van der Waals surface area contributed by atoms with Gasteiger partial charge in [-0.3, -0.25) is 4.72 Å². The van der Waals surface area contributed by atoms with Crippen molar-refractivity contribution in [3.05, 3.63) is 30.3 Å². The molecule has 0 fully saturated rings. The van der Waals surface area contributed by atoms with Gasteiger partial charge >= 0.3 is 0 Å². The van der Waals surface area contributed by atoms with Gasteiger partial charge < -0.3 is 5.32 Å². The molecule has 1 aromatic carbocycles. The molecule has 0 aliphatic heterocycles. The first-order chi connectivity index (χ1) is 7.49. The van der Waals surface area contributed by atoms with E-state index in [0.29, 0.717) is 18.3 Å². The summed E-state index contributed by atoms with van der Waals surface area (Å²) in [6.45, 7) is 4.42. The van der Waals surface area contributed by atoms with E-state index in [-0.39, 0.29) is 5.75 Å². The summed E-state index contributed by atoms with van der Waals surface area (Å²) < 4.78 is 25.8. The SMILES string of the molecule is CC(C)NCCS(=O)(=O)Nc1ccccc1. The molecule has 0 amide bonds. The van der Waals surface area contributed by atoms with Crippen LogP contribution in [-0.2, 0) is 10.0 Å². The summed E-state index contributed by atoms with van der Waals surface area (Å²) in [5, 5.41) is 3.07. The number of rotatable bonds is 6. The molecule has 0 saturated heterocycles. The van der Waals surface area contributed by atoms with Crippen LogP contribution in [0.25, 0.3) is 0 Å². The Hall–Kier alpha value is -1.07. The second-order valence-electron chi connectivity index (χ2n) is 3.90. The van der Waals surface area contributed by atoms with E-state index in [2.05, 4.69) is 10.0 Å². The summed E-state index contributed by atoms with van der Waals surface area (Å²) in [5.74, 6) is 0.0834. The molecule has 0 unspecified atom stereocenters. The van der Waals surface area contributed by atoms with Gasteiger partial charge in [-0.25, -0.2) is 8.42 Å². The predicted molar refractivity (Wildman–Crippen MR) is 67.0 cm³/mol. The van der Waals surface area contributed by atoms with Crippen molar-refractivity contribution in [1.82, 2.24) is 5.32 Å². The zero-order chi connectivity index (χ0) is 12.0. The molecule has 0 spiro atoms. The summed E-state index contributed by atoms with van der Waals surface area (Å²) in [7, 11) is -3.24. The lowest BCUT2D eigenvalue weighted by molar-refractivity contribution is 0.582. The van der Waals surface area contributed by atoms with Crippen molar-refractivity contribution in [1.29, 1.82) is 0 Å². The average Bonchev–Trinajstić information content (AvgIpc) is 2.17. The molecular weight excluding hydrogens is 224 g/mol. The summed E-state index contributed by atoms with van der Waals surface area (Å²) in [4.78, 5) is 0. The lowest BCUT2D eigenvalue weighted by Gasteiger charge is -2.10. The molecule has 0 radical (unpaired) electrons. The van der Waals surface area contributed by atoms with Gasteiger partial charge in [0.1, 0.15) is 0 Å². The molecule has 5 heteroatoms. The molecule has 0 aliphatic rings. The van der Waals surface area contributed by atoms with Gasteiger partial charge in [-0.05, 0) is 12.1 Å². The Morgan fingerprint density at radius 2 is 1.81 bits per heavy atom. The molecule has 0 aromatic heterocycles.